The van der Waals surface area contributed by atoms with Crippen molar-refractivity contribution in [3.63, 3.8) is 0 Å². The Hall–Kier alpha value is -1.29. The van der Waals surface area contributed by atoms with Gasteiger partial charge in [0.25, 0.3) is 0 Å². The molecule has 0 atom stereocenters. The van der Waals surface area contributed by atoms with Crippen LogP contribution in [-0.4, -0.2) is 17.3 Å². The van der Waals surface area contributed by atoms with Gasteiger partial charge in [0, 0.05) is 5.56 Å². The van der Waals surface area contributed by atoms with E-state index >= 15 is 0 Å². The molecule has 0 amide bonds. The van der Waals surface area contributed by atoms with Gasteiger partial charge in [-0.15, -0.1) is 0 Å². The van der Waals surface area contributed by atoms with E-state index in [-0.39, 0.29) is 0 Å². The Morgan fingerprint density at radius 1 is 1.40 bits per heavy atom. The molecular weight excluding hydrogens is 256 g/mol. The molecule has 4 heteroatoms. The summed E-state index contributed by atoms with van der Waals surface area (Å²) in [5, 5.41) is 6.92. The number of hydrogen-bond donors (Lipinski definition) is 1. The number of nitrogens with zero attached hydrogens (tertiary/aromatic N) is 1. The molecule has 78 valence electrons. The molecule has 0 bridgehead atoms. The molecule has 15 heavy (non-hydrogen) atoms. The number of rotatable bonds is 2. The summed E-state index contributed by atoms with van der Waals surface area (Å²) in [6.45, 7) is 2.05. The summed E-state index contributed by atoms with van der Waals surface area (Å²) in [6.07, 6.45) is 1.73. The summed E-state index contributed by atoms with van der Waals surface area (Å²) in [5.74, 6) is 0.838. The molecule has 1 N–H and O–H groups in total. The second kappa shape index (κ2) is 4.06. The van der Waals surface area contributed by atoms with Crippen LogP contribution in [0.15, 0.2) is 28.9 Å². The molecule has 0 fully saturated rings. The van der Waals surface area contributed by atoms with Gasteiger partial charge in [-0.3, -0.25) is 5.10 Å². The molecule has 1 aromatic carbocycles. The van der Waals surface area contributed by atoms with Gasteiger partial charge in [-0.05, 0) is 35.0 Å². The summed E-state index contributed by atoms with van der Waals surface area (Å²) in [4.78, 5) is 0. The number of methoxy groups -OCH3 is 1. The standard InChI is InChI=1S/C11H11BrN2O/c1-7-3-4-10(15-2)8(5-7)11-9(12)6-13-14-11/h3-6H,1-2H3,(H,13,14). The van der Waals surface area contributed by atoms with Crippen molar-refractivity contribution < 1.29 is 4.74 Å². The second-order valence-corrected chi connectivity index (χ2v) is 4.15. The van der Waals surface area contributed by atoms with Crippen LogP contribution < -0.4 is 4.74 Å². The zero-order chi connectivity index (χ0) is 10.8. The minimum atomic E-state index is 0.838. The quantitative estimate of drug-likeness (QED) is 0.907. The van der Waals surface area contributed by atoms with Crippen molar-refractivity contribution >= 4 is 15.9 Å². The van der Waals surface area contributed by atoms with Gasteiger partial charge >= 0.3 is 0 Å². The Morgan fingerprint density at radius 2 is 2.20 bits per heavy atom. The minimum Gasteiger partial charge on any atom is -0.496 e. The monoisotopic (exact) mass is 266 g/mol. The summed E-state index contributed by atoms with van der Waals surface area (Å²) < 4.78 is 6.25. The maximum Gasteiger partial charge on any atom is 0.128 e. The Kier molecular flexibility index (Phi) is 2.77. The Balaban J connectivity index is 2.60. The highest BCUT2D eigenvalue weighted by molar-refractivity contribution is 9.10. The molecule has 0 aliphatic carbocycles. The third-order valence-corrected chi connectivity index (χ3v) is 2.82. The third-order valence-electron chi connectivity index (χ3n) is 2.22. The normalized spacial score (nSPS) is 10.3. The number of ether oxygens (including phenoxy) is 1. The summed E-state index contributed by atoms with van der Waals surface area (Å²) in [7, 11) is 1.67. The topological polar surface area (TPSA) is 37.9 Å². The number of nitrogens with one attached hydrogen (secondary N) is 1. The largest absolute Gasteiger partial charge is 0.496 e. The summed E-state index contributed by atoms with van der Waals surface area (Å²) >= 11 is 3.44. The first-order valence-electron chi connectivity index (χ1n) is 4.56. The fraction of sp³-hybridized carbons (Fsp3) is 0.182. The molecule has 0 aliphatic rings. The fourth-order valence-electron chi connectivity index (χ4n) is 1.48. The molecule has 2 aromatic rings. The van der Waals surface area contributed by atoms with Crippen LogP contribution in [0.4, 0.5) is 0 Å². The van der Waals surface area contributed by atoms with Crippen molar-refractivity contribution in [1.29, 1.82) is 0 Å². The highest BCUT2D eigenvalue weighted by atomic mass is 79.9. The average molecular weight is 267 g/mol. The SMILES string of the molecule is COc1ccc(C)cc1-c1[nH]ncc1Br. The van der Waals surface area contributed by atoms with Gasteiger partial charge < -0.3 is 4.74 Å². The highest BCUT2D eigenvalue weighted by Gasteiger charge is 2.10. The van der Waals surface area contributed by atoms with Gasteiger partial charge in [0.1, 0.15) is 5.75 Å². The van der Waals surface area contributed by atoms with Gasteiger partial charge in [0.05, 0.1) is 23.5 Å². The van der Waals surface area contributed by atoms with Gasteiger partial charge in [-0.2, -0.15) is 5.10 Å². The van der Waals surface area contributed by atoms with E-state index in [0.29, 0.717) is 0 Å². The predicted molar refractivity (Wildman–Crippen MR) is 63.0 cm³/mol. The number of H-pyrrole nitrogens is 1. The number of aryl methyl sites for hydroxylation is 1. The number of hydrogen-bond acceptors (Lipinski definition) is 2. The van der Waals surface area contributed by atoms with Gasteiger partial charge in [-0.1, -0.05) is 11.6 Å². The predicted octanol–water partition coefficient (Wildman–Crippen LogP) is 3.16. The summed E-state index contributed by atoms with van der Waals surface area (Å²) in [5.41, 5.74) is 3.14. The first-order valence-corrected chi connectivity index (χ1v) is 5.35. The lowest BCUT2D eigenvalue weighted by molar-refractivity contribution is 0.416. The fourth-order valence-corrected chi connectivity index (χ4v) is 1.88. The lowest BCUT2D eigenvalue weighted by Crippen LogP contribution is -1.89. The number of aromatic nitrogens is 2. The van der Waals surface area contributed by atoms with E-state index in [1.54, 1.807) is 13.3 Å². The Bertz CT molecular complexity index is 479. The summed E-state index contributed by atoms with van der Waals surface area (Å²) in [6, 6.07) is 6.04. The highest BCUT2D eigenvalue weighted by Crippen LogP contribution is 2.33. The van der Waals surface area contributed by atoms with Crippen LogP contribution >= 0.6 is 15.9 Å². The second-order valence-electron chi connectivity index (χ2n) is 3.30. The van der Waals surface area contributed by atoms with Crippen LogP contribution in [0.5, 0.6) is 5.75 Å². The van der Waals surface area contributed by atoms with Crippen molar-refractivity contribution in [3.05, 3.63) is 34.4 Å². The van der Waals surface area contributed by atoms with Gasteiger partial charge in [0.15, 0.2) is 0 Å². The van der Waals surface area contributed by atoms with Crippen molar-refractivity contribution in [2.75, 3.05) is 7.11 Å². The molecule has 0 saturated carbocycles. The zero-order valence-corrected chi connectivity index (χ0v) is 10.1. The van der Waals surface area contributed by atoms with E-state index in [0.717, 1.165) is 21.5 Å². The smallest absolute Gasteiger partial charge is 0.128 e. The zero-order valence-electron chi connectivity index (χ0n) is 8.54. The maximum absolute atomic E-state index is 5.31. The average Bonchev–Trinajstić information content (AvgIpc) is 2.64. The Labute approximate surface area is 96.6 Å². The molecule has 3 nitrogen and oxygen atoms in total. The molecule has 1 heterocycles. The first-order chi connectivity index (χ1) is 7.22. The van der Waals surface area contributed by atoms with Gasteiger partial charge in [0.2, 0.25) is 0 Å². The van der Waals surface area contributed by atoms with E-state index in [4.69, 9.17) is 4.74 Å². The lowest BCUT2D eigenvalue weighted by Gasteiger charge is -2.08. The third kappa shape index (κ3) is 1.90. The van der Waals surface area contributed by atoms with E-state index < -0.39 is 0 Å². The number of benzene rings is 1. The van der Waals surface area contributed by atoms with Crippen LogP contribution in [-0.2, 0) is 0 Å². The molecule has 1 aromatic heterocycles. The van der Waals surface area contributed by atoms with Crippen LogP contribution in [0.3, 0.4) is 0 Å². The van der Waals surface area contributed by atoms with Gasteiger partial charge in [-0.25, -0.2) is 0 Å². The molecule has 0 unspecified atom stereocenters. The van der Waals surface area contributed by atoms with Crippen LogP contribution in [0.2, 0.25) is 0 Å². The van der Waals surface area contributed by atoms with Crippen molar-refractivity contribution in [3.8, 4) is 17.0 Å². The molecule has 0 aliphatic heterocycles. The van der Waals surface area contributed by atoms with Crippen LogP contribution in [0.25, 0.3) is 11.3 Å². The van der Waals surface area contributed by atoms with Crippen molar-refractivity contribution in [1.82, 2.24) is 10.2 Å². The minimum absolute atomic E-state index is 0.838. The lowest BCUT2D eigenvalue weighted by atomic mass is 10.1. The molecular formula is C11H11BrN2O. The van der Waals surface area contributed by atoms with Crippen LogP contribution in [0, 0.1) is 6.92 Å². The number of aromatic amines is 1. The maximum atomic E-state index is 5.31. The molecule has 0 saturated heterocycles. The molecule has 0 spiro atoms. The van der Waals surface area contributed by atoms with E-state index in [9.17, 15) is 0 Å². The van der Waals surface area contributed by atoms with Crippen molar-refractivity contribution in [2.24, 2.45) is 0 Å². The molecule has 0 radical (unpaired) electrons. The first kappa shape index (κ1) is 10.2. The van der Waals surface area contributed by atoms with E-state index in [1.165, 1.54) is 5.56 Å². The van der Waals surface area contributed by atoms with E-state index in [1.807, 2.05) is 19.1 Å². The molecule has 2 rings (SSSR count). The van der Waals surface area contributed by atoms with E-state index in [2.05, 4.69) is 32.2 Å². The number of halogens is 1. The van der Waals surface area contributed by atoms with Crippen LogP contribution in [0.1, 0.15) is 5.56 Å². The van der Waals surface area contributed by atoms with Crippen molar-refractivity contribution in [2.45, 2.75) is 6.92 Å². The Morgan fingerprint density at radius 3 is 2.80 bits per heavy atom.